The first-order valence-corrected chi connectivity index (χ1v) is 7.10. The van der Waals surface area contributed by atoms with Crippen molar-refractivity contribution in [2.75, 3.05) is 7.05 Å². The van der Waals surface area contributed by atoms with Crippen LogP contribution in [-0.2, 0) is 0 Å². The van der Waals surface area contributed by atoms with Crippen LogP contribution < -0.4 is 5.32 Å². The van der Waals surface area contributed by atoms with Gasteiger partial charge in [-0.1, -0.05) is 0 Å². The Morgan fingerprint density at radius 2 is 1.85 bits per heavy atom. The first-order chi connectivity index (χ1) is 9.54. The summed E-state index contributed by atoms with van der Waals surface area (Å²) in [6.45, 7) is 0. The number of benzene rings is 1. The minimum atomic E-state index is -0.255. The molecule has 20 heavy (non-hydrogen) atoms. The lowest BCUT2D eigenvalue weighted by atomic mass is 9.98. The van der Waals surface area contributed by atoms with Crippen molar-refractivity contribution in [2.45, 2.75) is 43.8 Å². The summed E-state index contributed by atoms with van der Waals surface area (Å²) in [6, 6.07) is 5.53. The van der Waals surface area contributed by atoms with Gasteiger partial charge in [0.05, 0.1) is 0 Å². The lowest BCUT2D eigenvalue weighted by Gasteiger charge is -2.35. The molecule has 2 atom stereocenters. The number of phenols is 2. The first kappa shape index (κ1) is 13.2. The molecular weight excluding hydrogens is 256 g/mol. The highest BCUT2D eigenvalue weighted by molar-refractivity contribution is 5.95. The van der Waals surface area contributed by atoms with Gasteiger partial charge in [-0.05, 0) is 43.9 Å². The van der Waals surface area contributed by atoms with Gasteiger partial charge in [-0.2, -0.15) is 0 Å². The van der Waals surface area contributed by atoms with Crippen LogP contribution in [0.2, 0.25) is 0 Å². The zero-order chi connectivity index (χ0) is 14.3. The van der Waals surface area contributed by atoms with E-state index in [0.717, 1.165) is 12.8 Å². The number of nitrogens with zero attached hydrogens (tertiary/aromatic N) is 1. The predicted molar refractivity (Wildman–Crippen MR) is 74.8 cm³/mol. The number of piperidine rings is 1. The van der Waals surface area contributed by atoms with Gasteiger partial charge in [-0.3, -0.25) is 4.79 Å². The number of phenolic OH excluding ortho intramolecular Hbond substituents is 2. The average Bonchev–Trinajstić information content (AvgIpc) is 2.79. The van der Waals surface area contributed by atoms with E-state index in [2.05, 4.69) is 5.32 Å². The van der Waals surface area contributed by atoms with Gasteiger partial charge in [-0.25, -0.2) is 0 Å². The van der Waals surface area contributed by atoms with E-state index < -0.39 is 0 Å². The fourth-order valence-corrected chi connectivity index (χ4v) is 3.37. The van der Waals surface area contributed by atoms with E-state index in [1.54, 1.807) is 11.0 Å². The Hall–Kier alpha value is -1.75. The minimum Gasteiger partial charge on any atom is -0.504 e. The molecule has 1 aromatic rings. The van der Waals surface area contributed by atoms with Gasteiger partial charge in [0.15, 0.2) is 11.5 Å². The highest BCUT2D eigenvalue weighted by Gasteiger charge is 2.36. The second-order valence-corrected chi connectivity index (χ2v) is 5.88. The molecule has 3 N–H and O–H groups in total. The number of hydrogen-bond acceptors (Lipinski definition) is 4. The van der Waals surface area contributed by atoms with E-state index in [0.29, 0.717) is 17.6 Å². The molecule has 0 saturated carbocycles. The zero-order valence-corrected chi connectivity index (χ0v) is 11.5. The number of amides is 1. The van der Waals surface area contributed by atoms with Gasteiger partial charge in [-0.15, -0.1) is 0 Å². The molecule has 1 aromatic carbocycles. The van der Waals surface area contributed by atoms with Gasteiger partial charge >= 0.3 is 0 Å². The van der Waals surface area contributed by atoms with E-state index >= 15 is 0 Å². The molecule has 5 heteroatoms. The summed E-state index contributed by atoms with van der Waals surface area (Å²) in [5.74, 6) is -0.564. The number of fused-ring (bicyclic) bond motifs is 2. The van der Waals surface area contributed by atoms with Gasteiger partial charge in [0, 0.05) is 30.7 Å². The molecule has 0 aliphatic carbocycles. The number of hydrogen-bond donors (Lipinski definition) is 3. The Morgan fingerprint density at radius 1 is 1.20 bits per heavy atom. The minimum absolute atomic E-state index is 0.105. The average molecular weight is 276 g/mol. The standard InChI is InChI=1S/C15H20N2O3/c1-17(12-7-10-3-4-11(8-12)16-10)15(20)9-2-5-13(18)14(19)6-9/h2,5-6,10-12,16,18-19H,3-4,7-8H2,1H3. The van der Waals surface area contributed by atoms with Crippen molar-refractivity contribution < 1.29 is 15.0 Å². The molecule has 2 unspecified atom stereocenters. The van der Waals surface area contributed by atoms with Crippen molar-refractivity contribution >= 4 is 5.91 Å². The number of carbonyl (C=O) groups excluding carboxylic acids is 1. The topological polar surface area (TPSA) is 72.8 Å². The normalized spacial score (nSPS) is 28.4. The van der Waals surface area contributed by atoms with Crippen molar-refractivity contribution in [3.8, 4) is 11.5 Å². The van der Waals surface area contributed by atoms with Gasteiger partial charge < -0.3 is 20.4 Å². The van der Waals surface area contributed by atoms with Crippen LogP contribution in [0, 0.1) is 0 Å². The SMILES string of the molecule is CN(C(=O)c1ccc(O)c(O)c1)C1CC2CCC(C1)N2. The Balaban J connectivity index is 1.74. The predicted octanol–water partition coefficient (Wildman–Crippen LogP) is 1.45. The van der Waals surface area contributed by atoms with E-state index in [4.69, 9.17) is 0 Å². The Labute approximate surface area is 118 Å². The molecule has 2 aliphatic heterocycles. The van der Waals surface area contributed by atoms with Crippen LogP contribution >= 0.6 is 0 Å². The van der Waals surface area contributed by atoms with Crippen molar-refractivity contribution in [3.05, 3.63) is 23.8 Å². The van der Waals surface area contributed by atoms with Gasteiger partial charge in [0.1, 0.15) is 0 Å². The third kappa shape index (κ3) is 2.33. The molecule has 0 radical (unpaired) electrons. The molecule has 1 amide bonds. The quantitative estimate of drug-likeness (QED) is 0.715. The van der Waals surface area contributed by atoms with Gasteiger partial charge in [0.2, 0.25) is 0 Å². The van der Waals surface area contributed by atoms with Crippen molar-refractivity contribution in [1.82, 2.24) is 10.2 Å². The third-order valence-corrected chi connectivity index (χ3v) is 4.54. The van der Waals surface area contributed by atoms with Gasteiger partial charge in [0.25, 0.3) is 5.91 Å². The number of carbonyl (C=O) groups is 1. The largest absolute Gasteiger partial charge is 0.504 e. The number of rotatable bonds is 2. The van der Waals surface area contributed by atoms with E-state index in [1.807, 2.05) is 7.05 Å². The third-order valence-electron chi connectivity index (χ3n) is 4.54. The van der Waals surface area contributed by atoms with Crippen molar-refractivity contribution in [2.24, 2.45) is 0 Å². The van der Waals surface area contributed by atoms with E-state index in [-0.39, 0.29) is 23.4 Å². The summed E-state index contributed by atoms with van der Waals surface area (Å²) < 4.78 is 0. The van der Waals surface area contributed by atoms with Crippen LogP contribution in [0.25, 0.3) is 0 Å². The van der Waals surface area contributed by atoms with E-state index in [9.17, 15) is 15.0 Å². The molecule has 0 aromatic heterocycles. The Morgan fingerprint density at radius 3 is 2.45 bits per heavy atom. The van der Waals surface area contributed by atoms with E-state index in [1.165, 1.54) is 25.0 Å². The Kier molecular flexibility index (Phi) is 3.30. The molecule has 2 fully saturated rings. The first-order valence-electron chi connectivity index (χ1n) is 7.10. The number of nitrogens with one attached hydrogen (secondary N) is 1. The van der Waals surface area contributed by atoms with Crippen LogP contribution in [0.5, 0.6) is 11.5 Å². The number of aromatic hydroxyl groups is 2. The molecule has 108 valence electrons. The lowest BCUT2D eigenvalue weighted by Crippen LogP contribution is -2.48. The molecule has 2 aliphatic rings. The maximum Gasteiger partial charge on any atom is 0.253 e. The fraction of sp³-hybridized carbons (Fsp3) is 0.533. The maximum atomic E-state index is 12.5. The summed E-state index contributed by atoms with van der Waals surface area (Å²) >= 11 is 0. The molecule has 0 spiro atoms. The molecular formula is C15H20N2O3. The van der Waals surface area contributed by atoms with Crippen molar-refractivity contribution in [3.63, 3.8) is 0 Å². The fourth-order valence-electron chi connectivity index (χ4n) is 3.37. The highest BCUT2D eigenvalue weighted by Crippen LogP contribution is 2.31. The van der Waals surface area contributed by atoms with Crippen LogP contribution in [0.15, 0.2) is 18.2 Å². The monoisotopic (exact) mass is 276 g/mol. The van der Waals surface area contributed by atoms with Crippen LogP contribution in [-0.4, -0.2) is 46.2 Å². The second kappa shape index (κ2) is 4.98. The summed E-state index contributed by atoms with van der Waals surface area (Å²) in [5, 5.41) is 22.4. The lowest BCUT2D eigenvalue weighted by molar-refractivity contribution is 0.0681. The second-order valence-electron chi connectivity index (χ2n) is 5.88. The summed E-state index contributed by atoms with van der Waals surface area (Å²) in [7, 11) is 1.82. The molecule has 2 saturated heterocycles. The highest BCUT2D eigenvalue weighted by atomic mass is 16.3. The molecule has 5 nitrogen and oxygen atoms in total. The molecule has 3 rings (SSSR count). The van der Waals surface area contributed by atoms with Crippen LogP contribution in [0.4, 0.5) is 0 Å². The summed E-state index contributed by atoms with van der Waals surface area (Å²) in [6.07, 6.45) is 4.37. The summed E-state index contributed by atoms with van der Waals surface area (Å²) in [5.41, 5.74) is 0.411. The zero-order valence-electron chi connectivity index (χ0n) is 11.5. The molecule has 2 bridgehead atoms. The molecule has 2 heterocycles. The van der Waals surface area contributed by atoms with Crippen LogP contribution in [0.1, 0.15) is 36.0 Å². The summed E-state index contributed by atoms with van der Waals surface area (Å²) in [4.78, 5) is 14.2. The van der Waals surface area contributed by atoms with Crippen molar-refractivity contribution in [1.29, 1.82) is 0 Å². The van der Waals surface area contributed by atoms with Crippen LogP contribution in [0.3, 0.4) is 0 Å². The maximum absolute atomic E-state index is 12.5. The Bertz CT molecular complexity index is 520. The smallest absolute Gasteiger partial charge is 0.253 e.